The van der Waals surface area contributed by atoms with Crippen LogP contribution in [0.1, 0.15) is 31.7 Å². The summed E-state index contributed by atoms with van der Waals surface area (Å²) in [7, 11) is 0. The quantitative estimate of drug-likeness (QED) is 0.860. The van der Waals surface area contributed by atoms with Crippen LogP contribution in [0.25, 0.3) is 0 Å². The number of anilines is 1. The third kappa shape index (κ3) is 2.39. The van der Waals surface area contributed by atoms with Crippen LogP contribution in [0.2, 0.25) is 0 Å². The lowest BCUT2D eigenvalue weighted by atomic mass is 9.91. The van der Waals surface area contributed by atoms with Crippen LogP contribution in [0.15, 0.2) is 24.3 Å². The molecule has 2 heteroatoms. The van der Waals surface area contributed by atoms with E-state index in [-0.39, 0.29) is 0 Å². The summed E-state index contributed by atoms with van der Waals surface area (Å²) in [4.78, 5) is 2.70. The lowest BCUT2D eigenvalue weighted by Crippen LogP contribution is -2.47. The fourth-order valence-corrected chi connectivity index (χ4v) is 3.41. The standard InChI is InChI=1S/C16H24N2/c1-2-13-7-9-18(10-8-13)15-11-14-5-3-4-6-16(14)17-12-15/h3-6,13,15,17H,2,7-12H2,1H3. The van der Waals surface area contributed by atoms with Gasteiger partial charge in [-0.3, -0.25) is 4.90 Å². The SMILES string of the molecule is CCC1CCN(C2CNc3ccccc3C2)CC1. The molecule has 1 atom stereocenters. The van der Waals surface area contributed by atoms with E-state index in [1.54, 1.807) is 0 Å². The molecule has 2 aliphatic rings. The van der Waals surface area contributed by atoms with Crippen LogP contribution in [0, 0.1) is 5.92 Å². The van der Waals surface area contributed by atoms with Gasteiger partial charge in [-0.1, -0.05) is 31.5 Å². The lowest BCUT2D eigenvalue weighted by molar-refractivity contribution is 0.134. The fourth-order valence-electron chi connectivity index (χ4n) is 3.41. The van der Waals surface area contributed by atoms with Crippen LogP contribution >= 0.6 is 0 Å². The zero-order valence-electron chi connectivity index (χ0n) is 11.4. The molecule has 0 bridgehead atoms. The molecule has 0 saturated carbocycles. The second kappa shape index (κ2) is 5.31. The Morgan fingerprint density at radius 3 is 2.78 bits per heavy atom. The summed E-state index contributed by atoms with van der Waals surface area (Å²) >= 11 is 0. The maximum atomic E-state index is 3.59. The van der Waals surface area contributed by atoms with Gasteiger partial charge in [-0.25, -0.2) is 0 Å². The van der Waals surface area contributed by atoms with Gasteiger partial charge in [-0.2, -0.15) is 0 Å². The molecule has 3 rings (SSSR count). The van der Waals surface area contributed by atoms with Gasteiger partial charge in [0.15, 0.2) is 0 Å². The van der Waals surface area contributed by atoms with Crippen molar-refractivity contribution < 1.29 is 0 Å². The molecule has 0 radical (unpaired) electrons. The number of hydrogen-bond acceptors (Lipinski definition) is 2. The van der Waals surface area contributed by atoms with E-state index in [0.29, 0.717) is 6.04 Å². The number of nitrogens with one attached hydrogen (secondary N) is 1. The predicted molar refractivity (Wildman–Crippen MR) is 77.0 cm³/mol. The predicted octanol–water partition coefficient (Wildman–Crippen LogP) is 3.15. The van der Waals surface area contributed by atoms with Gasteiger partial charge in [0.05, 0.1) is 0 Å². The first-order valence-corrected chi connectivity index (χ1v) is 7.42. The van der Waals surface area contributed by atoms with Crippen LogP contribution in [0.5, 0.6) is 0 Å². The molecule has 1 aromatic carbocycles. The van der Waals surface area contributed by atoms with Crippen LogP contribution in [0.4, 0.5) is 5.69 Å². The molecule has 18 heavy (non-hydrogen) atoms. The van der Waals surface area contributed by atoms with Crippen molar-refractivity contribution in [2.45, 2.75) is 38.6 Å². The highest BCUT2D eigenvalue weighted by Crippen LogP contribution is 2.27. The van der Waals surface area contributed by atoms with Crippen molar-refractivity contribution >= 4 is 5.69 Å². The van der Waals surface area contributed by atoms with Crippen LogP contribution in [-0.2, 0) is 6.42 Å². The van der Waals surface area contributed by atoms with Crippen LogP contribution in [0.3, 0.4) is 0 Å². The third-order valence-electron chi connectivity index (χ3n) is 4.74. The maximum Gasteiger partial charge on any atom is 0.0373 e. The zero-order chi connectivity index (χ0) is 12.4. The Morgan fingerprint density at radius 2 is 2.00 bits per heavy atom. The zero-order valence-corrected chi connectivity index (χ0v) is 11.4. The summed E-state index contributed by atoms with van der Waals surface area (Å²) in [6.07, 6.45) is 5.38. The Balaban J connectivity index is 1.63. The molecule has 1 saturated heterocycles. The van der Waals surface area contributed by atoms with Gasteiger partial charge in [-0.15, -0.1) is 0 Å². The van der Waals surface area contributed by atoms with Crippen molar-refractivity contribution in [3.05, 3.63) is 29.8 Å². The van der Waals surface area contributed by atoms with Gasteiger partial charge in [0, 0.05) is 18.3 Å². The number of benzene rings is 1. The third-order valence-corrected chi connectivity index (χ3v) is 4.74. The first kappa shape index (κ1) is 12.0. The smallest absolute Gasteiger partial charge is 0.0373 e. The van der Waals surface area contributed by atoms with Crippen molar-refractivity contribution in [3.8, 4) is 0 Å². The van der Waals surface area contributed by atoms with Gasteiger partial charge in [0.25, 0.3) is 0 Å². The van der Waals surface area contributed by atoms with Gasteiger partial charge in [0.2, 0.25) is 0 Å². The molecule has 0 aliphatic carbocycles. The molecule has 2 aliphatic heterocycles. The number of fused-ring (bicyclic) bond motifs is 1. The van der Waals surface area contributed by atoms with E-state index in [0.717, 1.165) is 12.5 Å². The van der Waals surface area contributed by atoms with E-state index in [2.05, 4.69) is 41.4 Å². The van der Waals surface area contributed by atoms with E-state index in [1.807, 2.05) is 0 Å². The fraction of sp³-hybridized carbons (Fsp3) is 0.625. The molecule has 98 valence electrons. The van der Waals surface area contributed by atoms with Gasteiger partial charge in [-0.05, 0) is 49.9 Å². The van der Waals surface area contributed by atoms with Crippen LogP contribution in [-0.4, -0.2) is 30.6 Å². The number of piperidine rings is 1. The Morgan fingerprint density at radius 1 is 1.22 bits per heavy atom. The minimum Gasteiger partial charge on any atom is -0.383 e. The van der Waals surface area contributed by atoms with Crippen molar-refractivity contribution in [2.24, 2.45) is 5.92 Å². The highest BCUT2D eigenvalue weighted by atomic mass is 15.2. The Labute approximate surface area is 110 Å². The number of rotatable bonds is 2. The van der Waals surface area contributed by atoms with Gasteiger partial charge >= 0.3 is 0 Å². The molecule has 2 nitrogen and oxygen atoms in total. The number of likely N-dealkylation sites (tertiary alicyclic amines) is 1. The van der Waals surface area contributed by atoms with E-state index >= 15 is 0 Å². The van der Waals surface area contributed by atoms with Gasteiger partial charge in [0.1, 0.15) is 0 Å². The lowest BCUT2D eigenvalue weighted by Gasteiger charge is -2.40. The molecule has 1 unspecified atom stereocenters. The second-order valence-corrected chi connectivity index (χ2v) is 5.78. The van der Waals surface area contributed by atoms with Crippen molar-refractivity contribution in [3.63, 3.8) is 0 Å². The van der Waals surface area contributed by atoms with E-state index in [9.17, 15) is 0 Å². The summed E-state index contributed by atoms with van der Waals surface area (Å²) in [5.41, 5.74) is 2.84. The average Bonchev–Trinajstić information content (AvgIpc) is 2.47. The Kier molecular flexibility index (Phi) is 3.55. The highest BCUT2D eigenvalue weighted by molar-refractivity contribution is 5.53. The highest BCUT2D eigenvalue weighted by Gasteiger charge is 2.27. The molecular formula is C16H24N2. The Hall–Kier alpha value is -1.02. The minimum atomic E-state index is 0.706. The first-order chi connectivity index (χ1) is 8.86. The van der Waals surface area contributed by atoms with Gasteiger partial charge < -0.3 is 5.32 Å². The first-order valence-electron chi connectivity index (χ1n) is 7.42. The Bertz CT molecular complexity index is 394. The maximum absolute atomic E-state index is 3.59. The normalized spacial score (nSPS) is 25.5. The molecular weight excluding hydrogens is 220 g/mol. The number of hydrogen-bond donors (Lipinski definition) is 1. The van der Waals surface area contributed by atoms with Crippen molar-refractivity contribution in [1.82, 2.24) is 4.90 Å². The molecule has 1 aromatic rings. The molecule has 1 fully saturated rings. The monoisotopic (exact) mass is 244 g/mol. The van der Waals surface area contributed by atoms with E-state index in [4.69, 9.17) is 0 Å². The molecule has 0 aromatic heterocycles. The average molecular weight is 244 g/mol. The topological polar surface area (TPSA) is 15.3 Å². The van der Waals surface area contributed by atoms with Crippen molar-refractivity contribution in [1.29, 1.82) is 0 Å². The number of para-hydroxylation sites is 1. The molecule has 1 N–H and O–H groups in total. The molecule has 0 amide bonds. The largest absolute Gasteiger partial charge is 0.383 e. The summed E-state index contributed by atoms with van der Waals surface area (Å²) in [6, 6.07) is 9.46. The summed E-state index contributed by atoms with van der Waals surface area (Å²) in [5, 5.41) is 3.59. The molecule has 0 spiro atoms. The summed E-state index contributed by atoms with van der Waals surface area (Å²) < 4.78 is 0. The number of nitrogens with zero attached hydrogens (tertiary/aromatic N) is 1. The summed E-state index contributed by atoms with van der Waals surface area (Å²) in [5.74, 6) is 0.977. The van der Waals surface area contributed by atoms with Crippen LogP contribution < -0.4 is 5.32 Å². The minimum absolute atomic E-state index is 0.706. The molecule has 2 heterocycles. The second-order valence-electron chi connectivity index (χ2n) is 5.78. The van der Waals surface area contributed by atoms with E-state index in [1.165, 1.54) is 50.0 Å². The summed E-state index contributed by atoms with van der Waals surface area (Å²) in [6.45, 7) is 6.05. The van der Waals surface area contributed by atoms with Crippen molar-refractivity contribution in [2.75, 3.05) is 25.0 Å². The van der Waals surface area contributed by atoms with E-state index < -0.39 is 0 Å².